The van der Waals surface area contributed by atoms with Gasteiger partial charge in [-0.1, -0.05) is 11.6 Å². The van der Waals surface area contributed by atoms with E-state index in [1.54, 1.807) is 12.4 Å². The molecule has 0 radical (unpaired) electrons. The zero-order valence-electron chi connectivity index (χ0n) is 6.76. The maximum atomic E-state index is 6.00. The summed E-state index contributed by atoms with van der Waals surface area (Å²) in [5, 5.41) is 4.18. The number of nitrogens with zero attached hydrogens (tertiary/aromatic N) is 1. The molecule has 0 amide bonds. The summed E-state index contributed by atoms with van der Waals surface area (Å²) in [6, 6.07) is 2.44. The summed E-state index contributed by atoms with van der Waals surface area (Å²) in [5.41, 5.74) is 1.18. The molecule has 1 aliphatic rings. The van der Waals surface area contributed by atoms with Crippen molar-refractivity contribution in [3.8, 4) is 0 Å². The molecule has 0 aliphatic carbocycles. The number of aromatic nitrogens is 1. The zero-order valence-corrected chi connectivity index (χ0v) is 7.51. The van der Waals surface area contributed by atoms with Gasteiger partial charge >= 0.3 is 0 Å². The van der Waals surface area contributed by atoms with E-state index in [0.717, 1.165) is 11.6 Å². The number of nitrogens with one attached hydrogen (secondary N) is 1. The molecule has 1 aromatic heterocycles. The van der Waals surface area contributed by atoms with Crippen molar-refractivity contribution in [3.05, 3.63) is 29.0 Å². The van der Waals surface area contributed by atoms with E-state index in [4.69, 9.17) is 11.6 Å². The zero-order chi connectivity index (χ0) is 8.39. The van der Waals surface area contributed by atoms with Gasteiger partial charge in [-0.2, -0.15) is 0 Å². The number of halogens is 1. The SMILES string of the molecule is Clc1cnccc1C1CCCN1. The Labute approximate surface area is 77.0 Å². The third kappa shape index (κ3) is 1.45. The average Bonchev–Trinajstić information content (AvgIpc) is 2.57. The minimum Gasteiger partial charge on any atom is -0.310 e. The number of hydrogen-bond acceptors (Lipinski definition) is 2. The molecule has 1 aromatic rings. The van der Waals surface area contributed by atoms with Gasteiger partial charge in [0.15, 0.2) is 0 Å². The molecule has 3 heteroatoms. The highest BCUT2D eigenvalue weighted by molar-refractivity contribution is 6.31. The maximum absolute atomic E-state index is 6.00. The lowest BCUT2D eigenvalue weighted by Gasteiger charge is -2.11. The lowest BCUT2D eigenvalue weighted by molar-refractivity contribution is 0.647. The van der Waals surface area contributed by atoms with Gasteiger partial charge in [0, 0.05) is 18.4 Å². The third-order valence-electron chi connectivity index (χ3n) is 2.24. The van der Waals surface area contributed by atoms with E-state index < -0.39 is 0 Å². The van der Waals surface area contributed by atoms with E-state index in [1.165, 1.54) is 18.4 Å². The topological polar surface area (TPSA) is 24.9 Å². The van der Waals surface area contributed by atoms with Crippen LogP contribution in [0.3, 0.4) is 0 Å². The molecule has 64 valence electrons. The summed E-state index contributed by atoms with van der Waals surface area (Å²) in [6.07, 6.45) is 5.92. The Hall–Kier alpha value is -0.600. The molecule has 0 saturated carbocycles. The molecule has 1 fully saturated rings. The van der Waals surface area contributed by atoms with E-state index in [-0.39, 0.29) is 0 Å². The molecule has 2 nitrogen and oxygen atoms in total. The first-order chi connectivity index (χ1) is 5.88. The first kappa shape index (κ1) is 8.02. The molecule has 12 heavy (non-hydrogen) atoms. The molecule has 1 atom stereocenters. The van der Waals surface area contributed by atoms with Gasteiger partial charge in [0.05, 0.1) is 5.02 Å². The summed E-state index contributed by atoms with van der Waals surface area (Å²) in [7, 11) is 0. The van der Waals surface area contributed by atoms with Crippen molar-refractivity contribution in [2.75, 3.05) is 6.54 Å². The van der Waals surface area contributed by atoms with E-state index in [9.17, 15) is 0 Å². The fourth-order valence-electron chi connectivity index (χ4n) is 1.62. The molecule has 0 spiro atoms. The van der Waals surface area contributed by atoms with Gasteiger partial charge in [0.1, 0.15) is 0 Å². The summed E-state index contributed by atoms with van der Waals surface area (Å²) in [6.45, 7) is 1.10. The van der Waals surface area contributed by atoms with Crippen molar-refractivity contribution < 1.29 is 0 Å². The number of pyridine rings is 1. The molecule has 0 aromatic carbocycles. The molecule has 2 rings (SSSR count). The normalized spacial score (nSPS) is 22.9. The van der Waals surface area contributed by atoms with Crippen LogP contribution in [0.2, 0.25) is 5.02 Å². The summed E-state index contributed by atoms with van der Waals surface area (Å²) >= 11 is 6.00. The Morgan fingerprint density at radius 1 is 1.58 bits per heavy atom. The van der Waals surface area contributed by atoms with Gasteiger partial charge in [-0.15, -0.1) is 0 Å². The van der Waals surface area contributed by atoms with Crippen LogP contribution in [-0.2, 0) is 0 Å². The van der Waals surface area contributed by atoms with Crippen molar-refractivity contribution in [2.24, 2.45) is 0 Å². The van der Waals surface area contributed by atoms with Crippen LogP contribution < -0.4 is 5.32 Å². The first-order valence-corrected chi connectivity index (χ1v) is 4.58. The quantitative estimate of drug-likeness (QED) is 0.720. The van der Waals surface area contributed by atoms with Gasteiger partial charge in [-0.3, -0.25) is 4.98 Å². The maximum Gasteiger partial charge on any atom is 0.0637 e. The molecular weight excluding hydrogens is 172 g/mol. The second-order valence-corrected chi connectivity index (χ2v) is 3.45. The molecule has 1 unspecified atom stereocenters. The molecule has 1 aliphatic heterocycles. The number of hydrogen-bond donors (Lipinski definition) is 1. The summed E-state index contributed by atoms with van der Waals surface area (Å²) in [5.74, 6) is 0. The summed E-state index contributed by atoms with van der Waals surface area (Å²) < 4.78 is 0. The van der Waals surface area contributed by atoms with E-state index in [2.05, 4.69) is 10.3 Å². The first-order valence-electron chi connectivity index (χ1n) is 4.21. The van der Waals surface area contributed by atoms with Crippen LogP contribution in [0.5, 0.6) is 0 Å². The van der Waals surface area contributed by atoms with Gasteiger partial charge in [-0.25, -0.2) is 0 Å². The van der Waals surface area contributed by atoms with Crippen molar-refractivity contribution in [3.63, 3.8) is 0 Å². The Bertz CT molecular complexity index is 269. The van der Waals surface area contributed by atoms with E-state index >= 15 is 0 Å². The fraction of sp³-hybridized carbons (Fsp3) is 0.444. The van der Waals surface area contributed by atoms with Crippen LogP contribution in [0.1, 0.15) is 24.4 Å². The van der Waals surface area contributed by atoms with Gasteiger partial charge < -0.3 is 5.32 Å². The van der Waals surface area contributed by atoms with Crippen LogP contribution in [0.4, 0.5) is 0 Å². The lowest BCUT2D eigenvalue weighted by atomic mass is 10.1. The minimum absolute atomic E-state index is 0.445. The van der Waals surface area contributed by atoms with Gasteiger partial charge in [0.2, 0.25) is 0 Å². The fourth-order valence-corrected chi connectivity index (χ4v) is 1.87. The molecular formula is C9H11ClN2. The highest BCUT2D eigenvalue weighted by atomic mass is 35.5. The molecule has 2 heterocycles. The van der Waals surface area contributed by atoms with Crippen molar-refractivity contribution in [2.45, 2.75) is 18.9 Å². The Morgan fingerprint density at radius 2 is 2.50 bits per heavy atom. The Kier molecular flexibility index (Phi) is 2.28. The minimum atomic E-state index is 0.445. The average molecular weight is 183 g/mol. The number of rotatable bonds is 1. The highest BCUT2D eigenvalue weighted by Crippen LogP contribution is 2.27. The highest BCUT2D eigenvalue weighted by Gasteiger charge is 2.17. The van der Waals surface area contributed by atoms with Crippen LogP contribution in [0.25, 0.3) is 0 Å². The van der Waals surface area contributed by atoms with Gasteiger partial charge in [-0.05, 0) is 31.0 Å². The van der Waals surface area contributed by atoms with Gasteiger partial charge in [0.25, 0.3) is 0 Å². The van der Waals surface area contributed by atoms with Crippen molar-refractivity contribution in [1.82, 2.24) is 10.3 Å². The predicted molar refractivity (Wildman–Crippen MR) is 49.2 cm³/mol. The smallest absolute Gasteiger partial charge is 0.0637 e. The largest absolute Gasteiger partial charge is 0.310 e. The van der Waals surface area contributed by atoms with Crippen LogP contribution in [-0.4, -0.2) is 11.5 Å². The Morgan fingerprint density at radius 3 is 3.17 bits per heavy atom. The van der Waals surface area contributed by atoms with Crippen LogP contribution >= 0.6 is 11.6 Å². The van der Waals surface area contributed by atoms with Crippen LogP contribution in [0, 0.1) is 0 Å². The second kappa shape index (κ2) is 3.42. The Balaban J connectivity index is 2.26. The van der Waals surface area contributed by atoms with E-state index in [0.29, 0.717) is 6.04 Å². The standard InChI is InChI=1S/C9H11ClN2/c10-8-6-11-5-3-7(8)9-2-1-4-12-9/h3,5-6,9,12H,1-2,4H2. The second-order valence-electron chi connectivity index (χ2n) is 3.05. The molecule has 0 bridgehead atoms. The monoisotopic (exact) mass is 182 g/mol. The predicted octanol–water partition coefficient (Wildman–Crippen LogP) is 2.16. The van der Waals surface area contributed by atoms with E-state index in [1.807, 2.05) is 6.07 Å². The summed E-state index contributed by atoms with van der Waals surface area (Å²) in [4.78, 5) is 3.96. The van der Waals surface area contributed by atoms with Crippen molar-refractivity contribution in [1.29, 1.82) is 0 Å². The molecule has 1 N–H and O–H groups in total. The lowest BCUT2D eigenvalue weighted by Crippen LogP contribution is -2.13. The van der Waals surface area contributed by atoms with Crippen molar-refractivity contribution >= 4 is 11.6 Å². The van der Waals surface area contributed by atoms with Crippen LogP contribution in [0.15, 0.2) is 18.5 Å². The molecule has 1 saturated heterocycles. The third-order valence-corrected chi connectivity index (χ3v) is 2.56.